The SMILES string of the molecule is COc1cc(C=Nn2c(=O)[nH]c3ccccc3c2=O)c(Br)c(Br)c1OCC(=O)Nc1ccc(F)cc1. The Morgan fingerprint density at radius 2 is 1.86 bits per heavy atom. The van der Waals surface area contributed by atoms with E-state index in [2.05, 4.69) is 47.3 Å². The van der Waals surface area contributed by atoms with Gasteiger partial charge in [0, 0.05) is 15.7 Å². The monoisotopic (exact) mass is 618 g/mol. The number of hydrogen-bond donors (Lipinski definition) is 2. The number of methoxy groups -OCH3 is 1. The van der Waals surface area contributed by atoms with Gasteiger partial charge in [-0.05, 0) is 74.3 Å². The number of ether oxygens (including phenoxy) is 2. The molecule has 12 heteroatoms. The van der Waals surface area contributed by atoms with Crippen LogP contribution in [0, 0.1) is 5.82 Å². The van der Waals surface area contributed by atoms with Crippen LogP contribution in [-0.4, -0.2) is 35.5 Å². The Labute approximate surface area is 219 Å². The molecular weight excluding hydrogens is 603 g/mol. The number of H-pyrrole nitrogens is 1. The summed E-state index contributed by atoms with van der Waals surface area (Å²) < 4.78 is 25.7. The van der Waals surface area contributed by atoms with Crippen molar-refractivity contribution in [3.05, 3.63) is 95.8 Å². The van der Waals surface area contributed by atoms with Gasteiger partial charge in [-0.25, -0.2) is 9.18 Å². The molecule has 2 N–H and O–H groups in total. The molecule has 0 saturated carbocycles. The van der Waals surface area contributed by atoms with Crippen LogP contribution < -0.4 is 26.0 Å². The average molecular weight is 620 g/mol. The maximum absolute atomic E-state index is 13.0. The fourth-order valence-corrected chi connectivity index (χ4v) is 4.17. The number of hydrogen-bond acceptors (Lipinski definition) is 6. The molecule has 9 nitrogen and oxygen atoms in total. The van der Waals surface area contributed by atoms with E-state index in [1.807, 2.05) is 0 Å². The number of aromatic amines is 1. The van der Waals surface area contributed by atoms with Gasteiger partial charge >= 0.3 is 5.69 Å². The zero-order chi connectivity index (χ0) is 25.8. The summed E-state index contributed by atoms with van der Waals surface area (Å²) in [5, 5.41) is 6.97. The van der Waals surface area contributed by atoms with Gasteiger partial charge in [-0.3, -0.25) is 9.59 Å². The Morgan fingerprint density at radius 3 is 2.58 bits per heavy atom. The van der Waals surface area contributed by atoms with Crippen LogP contribution in [0.25, 0.3) is 10.9 Å². The molecule has 0 aliphatic rings. The van der Waals surface area contributed by atoms with E-state index in [0.717, 1.165) is 4.68 Å². The Balaban J connectivity index is 1.58. The molecule has 0 fully saturated rings. The number of nitrogens with zero attached hydrogens (tertiary/aromatic N) is 2. The summed E-state index contributed by atoms with van der Waals surface area (Å²) >= 11 is 6.84. The van der Waals surface area contributed by atoms with Gasteiger partial charge in [0.05, 0.1) is 28.7 Å². The molecule has 0 spiro atoms. The third-order valence-corrected chi connectivity index (χ3v) is 7.09. The minimum atomic E-state index is -0.691. The van der Waals surface area contributed by atoms with Crippen molar-refractivity contribution < 1.29 is 18.7 Å². The van der Waals surface area contributed by atoms with Crippen LogP contribution in [-0.2, 0) is 4.79 Å². The van der Waals surface area contributed by atoms with Gasteiger partial charge in [-0.1, -0.05) is 12.1 Å². The minimum Gasteiger partial charge on any atom is -0.493 e. The molecule has 0 radical (unpaired) electrons. The highest BCUT2D eigenvalue weighted by molar-refractivity contribution is 9.13. The molecule has 4 aromatic rings. The van der Waals surface area contributed by atoms with Gasteiger partial charge in [0.25, 0.3) is 11.5 Å². The topological polar surface area (TPSA) is 115 Å². The van der Waals surface area contributed by atoms with E-state index in [-0.39, 0.29) is 18.1 Å². The van der Waals surface area contributed by atoms with Crippen LogP contribution in [0.2, 0.25) is 0 Å². The van der Waals surface area contributed by atoms with Gasteiger partial charge in [-0.2, -0.15) is 5.10 Å². The highest BCUT2D eigenvalue weighted by Gasteiger charge is 2.18. The number of nitrogens with one attached hydrogen (secondary N) is 2. The van der Waals surface area contributed by atoms with Crippen molar-refractivity contribution in [2.24, 2.45) is 5.10 Å². The molecule has 3 aromatic carbocycles. The number of rotatable bonds is 7. The van der Waals surface area contributed by atoms with Crippen molar-refractivity contribution >= 4 is 60.6 Å². The lowest BCUT2D eigenvalue weighted by molar-refractivity contribution is -0.118. The van der Waals surface area contributed by atoms with Crippen molar-refractivity contribution in [3.63, 3.8) is 0 Å². The lowest BCUT2D eigenvalue weighted by atomic mass is 10.2. The summed E-state index contributed by atoms with van der Waals surface area (Å²) in [6.07, 6.45) is 1.31. The third-order valence-electron chi connectivity index (χ3n) is 4.95. The van der Waals surface area contributed by atoms with E-state index in [9.17, 15) is 18.8 Å². The molecule has 4 rings (SSSR count). The average Bonchev–Trinajstić information content (AvgIpc) is 2.87. The van der Waals surface area contributed by atoms with Crippen molar-refractivity contribution in [2.75, 3.05) is 19.0 Å². The molecule has 0 aliphatic heterocycles. The molecule has 1 heterocycles. The van der Waals surface area contributed by atoms with Gasteiger partial charge in [0.1, 0.15) is 5.82 Å². The lowest BCUT2D eigenvalue weighted by Gasteiger charge is -2.15. The number of anilines is 1. The molecule has 0 unspecified atom stereocenters. The first-order valence-electron chi connectivity index (χ1n) is 10.3. The number of carbonyl (C=O) groups is 1. The first kappa shape index (κ1) is 25.3. The predicted molar refractivity (Wildman–Crippen MR) is 141 cm³/mol. The molecule has 0 bridgehead atoms. The highest BCUT2D eigenvalue weighted by atomic mass is 79.9. The zero-order valence-electron chi connectivity index (χ0n) is 18.6. The van der Waals surface area contributed by atoms with E-state index < -0.39 is 23.0 Å². The summed E-state index contributed by atoms with van der Waals surface area (Å²) in [5.74, 6) is -0.383. The van der Waals surface area contributed by atoms with Crippen molar-refractivity contribution in [1.29, 1.82) is 0 Å². The summed E-state index contributed by atoms with van der Waals surface area (Å²) in [7, 11) is 1.42. The number of para-hydroxylation sites is 1. The molecule has 1 amide bonds. The summed E-state index contributed by atoms with van der Waals surface area (Å²) in [4.78, 5) is 40.0. The quantitative estimate of drug-likeness (QED) is 0.300. The van der Waals surface area contributed by atoms with Gasteiger partial charge in [-0.15, -0.1) is 4.68 Å². The minimum absolute atomic E-state index is 0.233. The summed E-state index contributed by atoms with van der Waals surface area (Å²) in [5.41, 5.74) is 0.0302. The molecular formula is C24H17Br2FN4O5. The molecule has 36 heavy (non-hydrogen) atoms. The predicted octanol–water partition coefficient (Wildman–Crippen LogP) is 4.26. The second-order valence-corrected chi connectivity index (χ2v) is 8.89. The van der Waals surface area contributed by atoms with Crippen molar-refractivity contribution in [3.8, 4) is 11.5 Å². The Morgan fingerprint density at radius 1 is 1.14 bits per heavy atom. The van der Waals surface area contributed by atoms with Crippen LogP contribution in [0.1, 0.15) is 5.56 Å². The smallest absolute Gasteiger partial charge is 0.349 e. The van der Waals surface area contributed by atoms with Crippen LogP contribution >= 0.6 is 31.9 Å². The number of halogens is 3. The van der Waals surface area contributed by atoms with Crippen LogP contribution in [0.5, 0.6) is 11.5 Å². The molecule has 1 aromatic heterocycles. The van der Waals surface area contributed by atoms with Gasteiger partial charge < -0.3 is 19.8 Å². The number of carbonyl (C=O) groups excluding carboxylic acids is 1. The van der Waals surface area contributed by atoms with Gasteiger partial charge in [0.2, 0.25) is 0 Å². The highest BCUT2D eigenvalue weighted by Crippen LogP contribution is 2.42. The molecule has 184 valence electrons. The first-order chi connectivity index (χ1) is 17.3. The van der Waals surface area contributed by atoms with E-state index in [1.165, 1.54) is 37.6 Å². The third kappa shape index (κ3) is 5.39. The van der Waals surface area contributed by atoms with Crippen molar-refractivity contribution in [1.82, 2.24) is 9.66 Å². The maximum atomic E-state index is 13.0. The largest absolute Gasteiger partial charge is 0.493 e. The van der Waals surface area contributed by atoms with E-state index >= 15 is 0 Å². The zero-order valence-corrected chi connectivity index (χ0v) is 21.7. The number of amides is 1. The second kappa shape index (κ2) is 10.9. The van der Waals surface area contributed by atoms with Crippen LogP contribution in [0.4, 0.5) is 10.1 Å². The Bertz CT molecular complexity index is 1600. The number of benzene rings is 3. The lowest BCUT2D eigenvalue weighted by Crippen LogP contribution is -2.32. The number of aromatic nitrogens is 2. The van der Waals surface area contributed by atoms with E-state index in [1.54, 1.807) is 30.3 Å². The summed E-state index contributed by atoms with van der Waals surface area (Å²) in [6.45, 7) is -0.353. The standard InChI is InChI=1S/C24H17Br2FN4O5/c1-35-18-10-13(11-28-31-23(33)16-4-2-3-5-17(16)30-24(31)34)20(25)21(26)22(18)36-12-19(32)29-15-8-6-14(27)7-9-15/h2-11H,12H2,1H3,(H,29,32)(H,30,34). The van der Waals surface area contributed by atoms with Crippen molar-refractivity contribution in [2.45, 2.75) is 0 Å². The first-order valence-corrected chi connectivity index (χ1v) is 11.9. The molecule has 0 atom stereocenters. The Hall–Kier alpha value is -3.77. The molecule has 0 saturated heterocycles. The number of fused-ring (bicyclic) bond motifs is 1. The fraction of sp³-hybridized carbons (Fsp3) is 0.0833. The van der Waals surface area contributed by atoms with E-state index in [0.29, 0.717) is 31.1 Å². The van der Waals surface area contributed by atoms with Crippen LogP contribution in [0.15, 0.2) is 78.2 Å². The maximum Gasteiger partial charge on any atom is 0.349 e. The Kier molecular flexibility index (Phi) is 7.65. The fourth-order valence-electron chi connectivity index (χ4n) is 3.23. The van der Waals surface area contributed by atoms with Crippen LogP contribution in [0.3, 0.4) is 0 Å². The normalized spacial score (nSPS) is 11.1. The summed E-state index contributed by atoms with van der Waals surface area (Å²) in [6, 6.07) is 13.5. The molecule has 0 aliphatic carbocycles. The van der Waals surface area contributed by atoms with E-state index in [4.69, 9.17) is 9.47 Å². The second-order valence-electron chi connectivity index (χ2n) is 7.31. The van der Waals surface area contributed by atoms with Gasteiger partial charge in [0.15, 0.2) is 18.1 Å².